The summed E-state index contributed by atoms with van der Waals surface area (Å²) >= 11 is 0. The Hall–Kier alpha value is -3.68. The maximum atomic E-state index is 11.5. The van der Waals surface area contributed by atoms with Crippen molar-refractivity contribution in [1.82, 2.24) is 29.6 Å². The summed E-state index contributed by atoms with van der Waals surface area (Å²) in [5.41, 5.74) is 2.30. The largest absolute Gasteiger partial charge is 0.444 e. The molecule has 26 heavy (non-hydrogen) atoms. The zero-order valence-electron chi connectivity index (χ0n) is 14.0. The lowest BCUT2D eigenvalue weighted by Crippen LogP contribution is -2.23. The Labute approximate surface area is 149 Å². The highest BCUT2D eigenvalue weighted by Crippen LogP contribution is 2.25. The fourth-order valence-electron chi connectivity index (χ4n) is 2.58. The second-order valence-electron chi connectivity index (χ2n) is 5.59. The Balaban J connectivity index is 1.64. The van der Waals surface area contributed by atoms with Crippen LogP contribution >= 0.6 is 0 Å². The van der Waals surface area contributed by atoms with Gasteiger partial charge in [-0.2, -0.15) is 5.10 Å². The molecule has 8 nitrogen and oxygen atoms in total. The number of imidazole rings is 1. The summed E-state index contributed by atoms with van der Waals surface area (Å²) in [6.45, 7) is 0.155. The molecule has 1 aromatic carbocycles. The van der Waals surface area contributed by atoms with Crippen LogP contribution in [-0.4, -0.2) is 37.3 Å². The van der Waals surface area contributed by atoms with Crippen LogP contribution in [0.2, 0.25) is 0 Å². The van der Waals surface area contributed by atoms with Crippen molar-refractivity contribution in [2.24, 2.45) is 0 Å². The van der Waals surface area contributed by atoms with Crippen molar-refractivity contribution >= 4 is 5.91 Å². The highest BCUT2D eigenvalue weighted by atomic mass is 16.3. The van der Waals surface area contributed by atoms with E-state index in [0.717, 1.165) is 11.3 Å². The summed E-state index contributed by atoms with van der Waals surface area (Å²) < 4.78 is 9.01. The van der Waals surface area contributed by atoms with Gasteiger partial charge in [0.15, 0.2) is 5.82 Å². The van der Waals surface area contributed by atoms with Crippen LogP contribution in [0.15, 0.2) is 65.8 Å². The summed E-state index contributed by atoms with van der Waals surface area (Å²) in [6, 6.07) is 9.67. The zero-order chi connectivity index (χ0) is 17.9. The predicted octanol–water partition coefficient (Wildman–Crippen LogP) is 2.14. The molecule has 0 aliphatic carbocycles. The van der Waals surface area contributed by atoms with Crippen LogP contribution in [0.3, 0.4) is 0 Å². The standard InChI is InChI=1S/C18H16N6O2/c1-19-16(25)11-23-10-14(9-21-23)24-8-7-20-17(24)15-12-26-18(22-15)13-5-3-2-4-6-13/h2-10,12H,11H2,1H3,(H,19,25). The predicted molar refractivity (Wildman–Crippen MR) is 94.3 cm³/mol. The molecule has 4 rings (SSSR count). The number of carbonyl (C=O) groups is 1. The Morgan fingerprint density at radius 2 is 2.12 bits per heavy atom. The summed E-state index contributed by atoms with van der Waals surface area (Å²) in [6.07, 6.45) is 8.52. The van der Waals surface area contributed by atoms with E-state index in [4.69, 9.17) is 4.42 Å². The molecule has 3 aromatic heterocycles. The molecular formula is C18H16N6O2. The molecule has 1 amide bonds. The van der Waals surface area contributed by atoms with Crippen LogP contribution in [0.25, 0.3) is 28.7 Å². The molecule has 0 spiro atoms. The van der Waals surface area contributed by atoms with Gasteiger partial charge in [-0.15, -0.1) is 0 Å². The number of nitrogens with zero attached hydrogens (tertiary/aromatic N) is 5. The summed E-state index contributed by atoms with van der Waals surface area (Å²) in [7, 11) is 1.59. The molecule has 0 saturated heterocycles. The maximum Gasteiger partial charge on any atom is 0.241 e. The molecular weight excluding hydrogens is 332 g/mol. The third-order valence-corrected chi connectivity index (χ3v) is 3.88. The summed E-state index contributed by atoms with van der Waals surface area (Å²) in [5.74, 6) is 1.05. The lowest BCUT2D eigenvalue weighted by molar-refractivity contribution is -0.121. The van der Waals surface area contributed by atoms with Gasteiger partial charge in [-0.3, -0.25) is 14.0 Å². The number of likely N-dealkylation sites (N-methyl/N-ethyl adjacent to an activating group) is 1. The lowest BCUT2D eigenvalue weighted by Gasteiger charge is -2.02. The fraction of sp³-hybridized carbons (Fsp3) is 0.111. The zero-order valence-corrected chi connectivity index (χ0v) is 14.0. The molecule has 130 valence electrons. The Morgan fingerprint density at radius 1 is 1.27 bits per heavy atom. The van der Waals surface area contributed by atoms with Crippen molar-refractivity contribution in [3.05, 3.63) is 61.4 Å². The van der Waals surface area contributed by atoms with Gasteiger partial charge in [-0.05, 0) is 12.1 Å². The molecule has 0 unspecified atom stereocenters. The van der Waals surface area contributed by atoms with Crippen LogP contribution in [0.1, 0.15) is 0 Å². The first-order valence-electron chi connectivity index (χ1n) is 8.02. The first-order valence-corrected chi connectivity index (χ1v) is 8.02. The Bertz CT molecular complexity index is 1030. The maximum absolute atomic E-state index is 11.5. The molecule has 0 aliphatic rings. The van der Waals surface area contributed by atoms with Crippen molar-refractivity contribution in [2.45, 2.75) is 6.54 Å². The number of oxazole rings is 1. The number of rotatable bonds is 5. The van der Waals surface area contributed by atoms with Crippen molar-refractivity contribution in [2.75, 3.05) is 7.05 Å². The van der Waals surface area contributed by atoms with Gasteiger partial charge in [0.1, 0.15) is 18.5 Å². The fourth-order valence-corrected chi connectivity index (χ4v) is 2.58. The molecule has 0 fully saturated rings. The van der Waals surface area contributed by atoms with Gasteiger partial charge in [0.2, 0.25) is 11.8 Å². The average Bonchev–Trinajstić information content (AvgIpc) is 3.41. The molecule has 0 aliphatic heterocycles. The van der Waals surface area contributed by atoms with E-state index in [2.05, 4.69) is 20.4 Å². The van der Waals surface area contributed by atoms with Crippen LogP contribution < -0.4 is 5.32 Å². The van der Waals surface area contributed by atoms with E-state index in [1.54, 1.807) is 36.6 Å². The van der Waals surface area contributed by atoms with Crippen molar-refractivity contribution < 1.29 is 9.21 Å². The molecule has 0 saturated carbocycles. The van der Waals surface area contributed by atoms with E-state index in [0.29, 0.717) is 17.4 Å². The first-order chi connectivity index (χ1) is 12.7. The van der Waals surface area contributed by atoms with Gasteiger partial charge in [0.25, 0.3) is 0 Å². The van der Waals surface area contributed by atoms with Gasteiger partial charge in [0, 0.05) is 31.2 Å². The minimum absolute atomic E-state index is 0.116. The van der Waals surface area contributed by atoms with Gasteiger partial charge in [-0.25, -0.2) is 9.97 Å². The summed E-state index contributed by atoms with van der Waals surface area (Å²) in [4.78, 5) is 20.4. The second-order valence-corrected chi connectivity index (χ2v) is 5.59. The van der Waals surface area contributed by atoms with Crippen LogP contribution in [0.4, 0.5) is 0 Å². The molecule has 3 heterocycles. The first kappa shape index (κ1) is 15.8. The van der Waals surface area contributed by atoms with Crippen LogP contribution in [0.5, 0.6) is 0 Å². The molecule has 8 heteroatoms. The Kier molecular flexibility index (Phi) is 4.06. The molecule has 4 aromatic rings. The van der Waals surface area contributed by atoms with E-state index >= 15 is 0 Å². The average molecular weight is 348 g/mol. The lowest BCUT2D eigenvalue weighted by atomic mass is 10.2. The highest BCUT2D eigenvalue weighted by Gasteiger charge is 2.15. The monoisotopic (exact) mass is 348 g/mol. The van der Waals surface area contributed by atoms with E-state index < -0.39 is 0 Å². The second kappa shape index (κ2) is 6.67. The quantitative estimate of drug-likeness (QED) is 0.597. The SMILES string of the molecule is CNC(=O)Cn1cc(-n2ccnc2-c2coc(-c3ccccc3)n2)cn1. The normalized spacial score (nSPS) is 10.8. The van der Waals surface area contributed by atoms with Gasteiger partial charge in [-0.1, -0.05) is 18.2 Å². The van der Waals surface area contributed by atoms with Crippen LogP contribution in [-0.2, 0) is 11.3 Å². The molecule has 1 N–H and O–H groups in total. The van der Waals surface area contributed by atoms with E-state index in [-0.39, 0.29) is 12.5 Å². The number of benzene rings is 1. The number of carbonyl (C=O) groups excluding carboxylic acids is 1. The van der Waals surface area contributed by atoms with Crippen molar-refractivity contribution in [1.29, 1.82) is 0 Å². The minimum atomic E-state index is -0.116. The molecule has 0 atom stereocenters. The highest BCUT2D eigenvalue weighted by molar-refractivity contribution is 5.75. The van der Waals surface area contributed by atoms with Crippen molar-refractivity contribution in [3.63, 3.8) is 0 Å². The van der Waals surface area contributed by atoms with E-state index in [1.165, 1.54) is 0 Å². The van der Waals surface area contributed by atoms with Gasteiger partial charge >= 0.3 is 0 Å². The smallest absolute Gasteiger partial charge is 0.241 e. The van der Waals surface area contributed by atoms with Gasteiger partial charge < -0.3 is 9.73 Å². The van der Waals surface area contributed by atoms with Crippen molar-refractivity contribution in [3.8, 4) is 28.7 Å². The number of hydrogen-bond acceptors (Lipinski definition) is 5. The Morgan fingerprint density at radius 3 is 2.92 bits per heavy atom. The van der Waals surface area contributed by atoms with E-state index in [9.17, 15) is 4.79 Å². The molecule has 0 radical (unpaired) electrons. The van der Waals surface area contributed by atoms with E-state index in [1.807, 2.05) is 41.1 Å². The molecule has 0 bridgehead atoms. The number of aromatic nitrogens is 5. The minimum Gasteiger partial charge on any atom is -0.444 e. The third-order valence-electron chi connectivity index (χ3n) is 3.88. The number of amides is 1. The third kappa shape index (κ3) is 3.00. The van der Waals surface area contributed by atoms with Crippen LogP contribution in [0, 0.1) is 0 Å². The topological polar surface area (TPSA) is 90.8 Å². The summed E-state index contributed by atoms with van der Waals surface area (Å²) in [5, 5.41) is 6.78. The van der Waals surface area contributed by atoms with Gasteiger partial charge in [0.05, 0.1) is 11.9 Å². The number of hydrogen-bond donors (Lipinski definition) is 1. The number of nitrogens with one attached hydrogen (secondary N) is 1.